The molecule has 1 saturated carbocycles. The van der Waals surface area contributed by atoms with Gasteiger partial charge in [-0.3, -0.25) is 14.6 Å². The molecule has 1 fully saturated rings. The van der Waals surface area contributed by atoms with Crippen LogP contribution in [0.2, 0.25) is 5.02 Å². The molecule has 204 valence electrons. The summed E-state index contributed by atoms with van der Waals surface area (Å²) < 4.78 is 31.2. The molecule has 0 radical (unpaired) electrons. The van der Waals surface area contributed by atoms with E-state index in [4.69, 9.17) is 16.3 Å². The Morgan fingerprint density at radius 1 is 1.26 bits per heavy atom. The molecule has 4 rings (SSSR count). The zero-order valence-corrected chi connectivity index (χ0v) is 22.8. The van der Waals surface area contributed by atoms with E-state index >= 15 is 0 Å². The van der Waals surface area contributed by atoms with Gasteiger partial charge in [0.05, 0.1) is 23.0 Å². The number of aliphatic hydroxyl groups is 2. The number of halogens is 1. The molecule has 10 nitrogen and oxygen atoms in total. The van der Waals surface area contributed by atoms with Crippen LogP contribution in [0, 0.1) is 0 Å². The van der Waals surface area contributed by atoms with Crippen molar-refractivity contribution in [1.82, 2.24) is 14.9 Å². The average molecular weight is 564 g/mol. The van der Waals surface area contributed by atoms with Gasteiger partial charge in [-0.15, -0.1) is 0 Å². The first kappa shape index (κ1) is 28.0. The van der Waals surface area contributed by atoms with Crippen LogP contribution >= 0.6 is 11.6 Å². The minimum atomic E-state index is -3.91. The number of fused-ring (bicyclic) bond motifs is 1. The summed E-state index contributed by atoms with van der Waals surface area (Å²) in [7, 11) is -2.42. The molecule has 3 N–H and O–H groups in total. The predicted octanol–water partition coefficient (Wildman–Crippen LogP) is 1.97. The Labute approximate surface area is 225 Å². The van der Waals surface area contributed by atoms with Crippen LogP contribution in [0.4, 0.5) is 0 Å². The van der Waals surface area contributed by atoms with Gasteiger partial charge in [0, 0.05) is 30.9 Å². The molecule has 0 spiro atoms. The second kappa shape index (κ2) is 10.3. The normalized spacial score (nSPS) is 15.7. The predicted molar refractivity (Wildman–Crippen MR) is 143 cm³/mol. The number of rotatable bonds is 10. The van der Waals surface area contributed by atoms with Crippen LogP contribution in [-0.2, 0) is 23.4 Å². The lowest BCUT2D eigenvalue weighted by atomic mass is 10.1. The van der Waals surface area contributed by atoms with Crippen LogP contribution in [0.5, 0.6) is 5.75 Å². The van der Waals surface area contributed by atoms with E-state index in [1.54, 1.807) is 24.3 Å². The Morgan fingerprint density at radius 2 is 1.92 bits per heavy atom. The number of carbonyl (C=O) groups excluding carboxylic acids is 1. The van der Waals surface area contributed by atoms with E-state index in [0.29, 0.717) is 28.9 Å². The number of aliphatic hydroxyl groups excluding tert-OH is 2. The fourth-order valence-corrected chi connectivity index (χ4v) is 6.86. The van der Waals surface area contributed by atoms with Gasteiger partial charge in [0.25, 0.3) is 11.5 Å². The zero-order valence-electron chi connectivity index (χ0n) is 21.3. The minimum Gasteiger partial charge on any atom is -0.490 e. The van der Waals surface area contributed by atoms with E-state index in [2.05, 4.69) is 10.3 Å². The summed E-state index contributed by atoms with van der Waals surface area (Å²) in [6.07, 6.45) is 0.690. The molecular weight excluding hydrogens is 534 g/mol. The van der Waals surface area contributed by atoms with Gasteiger partial charge in [0.2, 0.25) is 0 Å². The number of aryl methyl sites for hydroxylation is 1. The van der Waals surface area contributed by atoms with Crippen molar-refractivity contribution in [3.63, 3.8) is 0 Å². The number of benzene rings is 1. The Bertz CT molecular complexity index is 1530. The molecule has 3 aromatic rings. The molecule has 38 heavy (non-hydrogen) atoms. The summed E-state index contributed by atoms with van der Waals surface area (Å²) in [6.45, 7) is 2.08. The molecule has 1 aromatic carbocycles. The van der Waals surface area contributed by atoms with Gasteiger partial charge in [-0.25, -0.2) is 8.42 Å². The van der Waals surface area contributed by atoms with E-state index in [9.17, 15) is 28.2 Å². The largest absolute Gasteiger partial charge is 0.490 e. The lowest BCUT2D eigenvalue weighted by Gasteiger charge is -2.33. The number of ether oxygens (including phenoxy) is 1. The first-order valence-corrected chi connectivity index (χ1v) is 13.9. The fraction of sp³-hybridized carbons (Fsp3) is 0.423. The molecule has 2 aromatic heterocycles. The third-order valence-corrected chi connectivity index (χ3v) is 10.8. The Morgan fingerprint density at radius 3 is 2.53 bits per heavy atom. The summed E-state index contributed by atoms with van der Waals surface area (Å²) in [4.78, 5) is 30.2. The van der Waals surface area contributed by atoms with E-state index in [1.165, 1.54) is 43.8 Å². The van der Waals surface area contributed by atoms with Gasteiger partial charge in [0.15, 0.2) is 9.84 Å². The van der Waals surface area contributed by atoms with Gasteiger partial charge in [-0.2, -0.15) is 0 Å². The highest BCUT2D eigenvalue weighted by atomic mass is 35.5. The Kier molecular flexibility index (Phi) is 7.59. The molecule has 1 aliphatic carbocycles. The highest BCUT2D eigenvalue weighted by molar-refractivity contribution is 7.94. The van der Waals surface area contributed by atoms with Gasteiger partial charge in [-0.05, 0) is 50.5 Å². The topological polar surface area (TPSA) is 148 Å². The monoisotopic (exact) mass is 563 g/mol. The van der Waals surface area contributed by atoms with Crippen molar-refractivity contribution in [1.29, 1.82) is 0 Å². The SMILES string of the molecule is Cn1c(=O)c(C(=O)NCc2ccc(Cl)cc2)cc2nccc(OCC3(S(=O)(=O)C(C)(C)C(O)CO)CC3)c21. The number of pyridine rings is 2. The number of carbonyl (C=O) groups is 1. The maximum atomic E-state index is 13.4. The molecule has 2 heterocycles. The number of hydrogen-bond donors (Lipinski definition) is 3. The van der Waals surface area contributed by atoms with Crippen LogP contribution in [0.15, 0.2) is 47.4 Å². The van der Waals surface area contributed by atoms with Gasteiger partial charge in [0.1, 0.15) is 28.2 Å². The molecule has 1 amide bonds. The standard InChI is InChI=1S/C26H30ClN3O7S/c1-25(2,21(32)14-31)38(35,36)26(9-10-26)15-37-20-8-11-28-19-12-18(24(34)30(3)22(19)20)23(33)29-13-16-4-6-17(27)7-5-16/h4-8,11-12,21,31-32H,9-10,13-15H2,1-3H3,(H,29,33). The summed E-state index contributed by atoms with van der Waals surface area (Å²) in [5, 5.41) is 22.8. The quantitative estimate of drug-likeness (QED) is 0.339. The minimum absolute atomic E-state index is 0.0976. The first-order chi connectivity index (χ1) is 17.8. The Balaban J connectivity index is 1.58. The van der Waals surface area contributed by atoms with Crippen molar-refractivity contribution in [2.24, 2.45) is 7.05 Å². The van der Waals surface area contributed by atoms with Crippen LogP contribution in [-0.4, -0.2) is 62.9 Å². The van der Waals surface area contributed by atoms with Gasteiger partial charge < -0.3 is 24.8 Å². The number of nitrogens with zero attached hydrogens (tertiary/aromatic N) is 2. The highest BCUT2D eigenvalue weighted by Gasteiger charge is 2.62. The first-order valence-electron chi connectivity index (χ1n) is 12.0. The van der Waals surface area contributed by atoms with Crippen molar-refractivity contribution >= 4 is 38.4 Å². The molecule has 1 atom stereocenters. The molecular formula is C26H30ClN3O7S. The lowest BCUT2D eigenvalue weighted by molar-refractivity contribution is 0.0684. The van der Waals surface area contributed by atoms with Crippen molar-refractivity contribution in [3.05, 3.63) is 69.1 Å². The second-order valence-corrected chi connectivity index (χ2v) is 13.4. The highest BCUT2D eigenvalue weighted by Crippen LogP contribution is 2.49. The number of hydrogen-bond acceptors (Lipinski definition) is 8. The maximum Gasteiger partial charge on any atom is 0.263 e. The smallest absolute Gasteiger partial charge is 0.263 e. The van der Waals surface area contributed by atoms with Gasteiger partial charge in [-0.1, -0.05) is 23.7 Å². The van der Waals surface area contributed by atoms with Crippen LogP contribution in [0.25, 0.3) is 11.0 Å². The number of amides is 1. The van der Waals surface area contributed by atoms with Crippen molar-refractivity contribution in [2.75, 3.05) is 13.2 Å². The average Bonchev–Trinajstić information content (AvgIpc) is 3.70. The summed E-state index contributed by atoms with van der Waals surface area (Å²) in [5.41, 5.74) is 0.789. The van der Waals surface area contributed by atoms with Crippen molar-refractivity contribution in [3.8, 4) is 5.75 Å². The number of aromatic nitrogens is 2. The third-order valence-electron chi connectivity index (χ3n) is 7.21. The van der Waals surface area contributed by atoms with E-state index in [-0.39, 0.29) is 24.5 Å². The van der Waals surface area contributed by atoms with Crippen LogP contribution in [0.1, 0.15) is 42.6 Å². The van der Waals surface area contributed by atoms with Crippen molar-refractivity contribution in [2.45, 2.75) is 48.8 Å². The summed E-state index contributed by atoms with van der Waals surface area (Å²) in [6, 6.07) is 9.85. The maximum absolute atomic E-state index is 13.4. The molecule has 0 saturated heterocycles. The zero-order chi connectivity index (χ0) is 27.9. The number of sulfone groups is 1. The molecule has 12 heteroatoms. The van der Waals surface area contributed by atoms with Gasteiger partial charge >= 0.3 is 0 Å². The molecule has 1 aliphatic rings. The number of nitrogens with one attached hydrogen (secondary N) is 1. The van der Waals surface area contributed by atoms with Crippen molar-refractivity contribution < 1.29 is 28.2 Å². The second-order valence-electron chi connectivity index (χ2n) is 10.1. The van der Waals surface area contributed by atoms with Crippen LogP contribution < -0.4 is 15.6 Å². The van der Waals surface area contributed by atoms with E-state index < -0.39 is 43.5 Å². The molecule has 0 aliphatic heterocycles. The third kappa shape index (κ3) is 4.91. The van der Waals surface area contributed by atoms with Crippen LogP contribution in [0.3, 0.4) is 0 Å². The lowest BCUT2D eigenvalue weighted by Crippen LogP contribution is -2.52. The Hall–Kier alpha value is -2.99. The fourth-order valence-electron chi connectivity index (χ4n) is 4.33. The molecule has 0 bridgehead atoms. The summed E-state index contributed by atoms with van der Waals surface area (Å²) in [5.74, 6) is -0.326. The molecule has 1 unspecified atom stereocenters. The van der Waals surface area contributed by atoms with E-state index in [1.807, 2.05) is 0 Å². The van der Waals surface area contributed by atoms with E-state index in [0.717, 1.165) is 5.56 Å². The summed E-state index contributed by atoms with van der Waals surface area (Å²) >= 11 is 5.89.